The van der Waals surface area contributed by atoms with Crippen molar-refractivity contribution in [1.29, 1.82) is 0 Å². The summed E-state index contributed by atoms with van der Waals surface area (Å²) in [6.07, 6.45) is 0. The van der Waals surface area contributed by atoms with E-state index in [2.05, 4.69) is 23.6 Å². The average molecular weight is 316 g/mol. The third-order valence-electron chi connectivity index (χ3n) is 4.20. The molecular weight excluding hydrogens is 293 g/mol. The van der Waals surface area contributed by atoms with Crippen molar-refractivity contribution in [1.82, 2.24) is 9.80 Å². The van der Waals surface area contributed by atoms with Crippen LogP contribution in [-0.4, -0.2) is 48.6 Å². The van der Waals surface area contributed by atoms with Gasteiger partial charge in [0, 0.05) is 47.8 Å². The lowest BCUT2D eigenvalue weighted by atomic mass is 10.0. The van der Waals surface area contributed by atoms with Crippen molar-refractivity contribution in [2.75, 3.05) is 32.7 Å². The van der Waals surface area contributed by atoms with E-state index in [4.69, 9.17) is 28.9 Å². The van der Waals surface area contributed by atoms with Gasteiger partial charge in [-0.25, -0.2) is 0 Å². The first-order valence-electron chi connectivity index (χ1n) is 7.20. The molecule has 1 aliphatic heterocycles. The first kappa shape index (κ1) is 16.1. The number of likely N-dealkylation sites (N-methyl/N-ethyl adjacent to an activating group) is 1. The Balaban J connectivity index is 2.21. The van der Waals surface area contributed by atoms with Crippen LogP contribution in [0.15, 0.2) is 18.2 Å². The molecule has 2 rings (SSSR count). The Morgan fingerprint density at radius 2 is 1.95 bits per heavy atom. The smallest absolute Gasteiger partial charge is 0.0501 e. The molecule has 0 aliphatic carbocycles. The normalized spacial score (nSPS) is 22.9. The van der Waals surface area contributed by atoms with Crippen LogP contribution in [0.2, 0.25) is 10.0 Å². The largest absolute Gasteiger partial charge is 0.329 e. The van der Waals surface area contributed by atoms with Crippen LogP contribution in [0.25, 0.3) is 0 Å². The molecule has 0 spiro atoms. The molecule has 1 aromatic rings. The molecule has 3 nitrogen and oxygen atoms in total. The minimum atomic E-state index is 0.0951. The summed E-state index contributed by atoms with van der Waals surface area (Å²) in [5.41, 5.74) is 6.98. The van der Waals surface area contributed by atoms with Gasteiger partial charge in [-0.05, 0) is 25.6 Å². The van der Waals surface area contributed by atoms with Gasteiger partial charge in [0.25, 0.3) is 0 Å². The Hall–Kier alpha value is -0.320. The molecule has 0 saturated carbocycles. The molecule has 2 atom stereocenters. The van der Waals surface area contributed by atoms with Gasteiger partial charge in [-0.15, -0.1) is 0 Å². The molecule has 1 saturated heterocycles. The second-order valence-corrected chi connectivity index (χ2v) is 6.17. The van der Waals surface area contributed by atoms with Gasteiger partial charge < -0.3 is 5.73 Å². The molecule has 0 amide bonds. The van der Waals surface area contributed by atoms with Gasteiger partial charge in [-0.1, -0.05) is 36.2 Å². The predicted molar refractivity (Wildman–Crippen MR) is 86.5 cm³/mol. The molecule has 5 heteroatoms. The lowest BCUT2D eigenvalue weighted by molar-refractivity contribution is 0.0607. The highest BCUT2D eigenvalue weighted by Gasteiger charge is 2.29. The lowest BCUT2D eigenvalue weighted by Crippen LogP contribution is -2.53. The summed E-state index contributed by atoms with van der Waals surface area (Å²) < 4.78 is 0. The first-order valence-corrected chi connectivity index (χ1v) is 7.96. The maximum atomic E-state index is 6.34. The zero-order valence-corrected chi connectivity index (χ0v) is 13.7. The van der Waals surface area contributed by atoms with Crippen molar-refractivity contribution in [2.24, 2.45) is 5.73 Å². The second-order valence-electron chi connectivity index (χ2n) is 5.36. The highest BCUT2D eigenvalue weighted by atomic mass is 35.5. The molecule has 20 heavy (non-hydrogen) atoms. The van der Waals surface area contributed by atoms with Gasteiger partial charge in [-0.2, -0.15) is 0 Å². The first-order chi connectivity index (χ1) is 9.58. The van der Waals surface area contributed by atoms with Crippen molar-refractivity contribution in [3.63, 3.8) is 0 Å². The predicted octanol–water partition coefficient (Wildman–Crippen LogP) is 3.02. The van der Waals surface area contributed by atoms with Crippen LogP contribution >= 0.6 is 23.2 Å². The Bertz CT molecular complexity index is 432. The van der Waals surface area contributed by atoms with E-state index in [1.807, 2.05) is 18.2 Å². The Labute approximate surface area is 131 Å². The fraction of sp³-hybridized carbons (Fsp3) is 0.600. The van der Waals surface area contributed by atoms with Gasteiger partial charge in [-0.3, -0.25) is 9.80 Å². The van der Waals surface area contributed by atoms with Crippen molar-refractivity contribution >= 4 is 23.2 Å². The highest BCUT2D eigenvalue weighted by Crippen LogP contribution is 2.34. The fourth-order valence-electron chi connectivity index (χ4n) is 3.05. The molecule has 0 radical (unpaired) electrons. The van der Waals surface area contributed by atoms with E-state index >= 15 is 0 Å². The number of nitrogens with two attached hydrogens (primary N) is 1. The van der Waals surface area contributed by atoms with Crippen LogP contribution in [0.1, 0.15) is 25.5 Å². The number of rotatable bonds is 4. The van der Waals surface area contributed by atoms with Crippen LogP contribution in [0, 0.1) is 0 Å². The summed E-state index contributed by atoms with van der Waals surface area (Å²) >= 11 is 12.7. The van der Waals surface area contributed by atoms with E-state index in [9.17, 15) is 0 Å². The summed E-state index contributed by atoms with van der Waals surface area (Å²) in [6, 6.07) is 6.27. The molecule has 1 fully saturated rings. The zero-order chi connectivity index (χ0) is 14.7. The maximum absolute atomic E-state index is 6.34. The second kappa shape index (κ2) is 7.10. The third kappa shape index (κ3) is 3.29. The van der Waals surface area contributed by atoms with Gasteiger partial charge >= 0.3 is 0 Å². The summed E-state index contributed by atoms with van der Waals surface area (Å²) in [6.45, 7) is 9.15. The Kier molecular flexibility index (Phi) is 5.70. The molecule has 1 aromatic carbocycles. The van der Waals surface area contributed by atoms with Crippen LogP contribution in [-0.2, 0) is 0 Å². The maximum Gasteiger partial charge on any atom is 0.0501 e. The minimum absolute atomic E-state index is 0.0951. The van der Waals surface area contributed by atoms with Gasteiger partial charge in [0.15, 0.2) is 0 Å². The molecule has 0 bridgehead atoms. The molecule has 0 aromatic heterocycles. The van der Waals surface area contributed by atoms with E-state index < -0.39 is 0 Å². The minimum Gasteiger partial charge on any atom is -0.329 e. The topological polar surface area (TPSA) is 32.5 Å². The molecule has 2 N–H and O–H groups in total. The fourth-order valence-corrected chi connectivity index (χ4v) is 3.70. The average Bonchev–Trinajstić information content (AvgIpc) is 2.43. The number of piperazine rings is 1. The van der Waals surface area contributed by atoms with E-state index in [0.717, 1.165) is 31.7 Å². The number of nitrogens with zero attached hydrogens (tertiary/aromatic N) is 2. The molecule has 112 valence electrons. The van der Waals surface area contributed by atoms with Crippen LogP contribution in [0.4, 0.5) is 0 Å². The monoisotopic (exact) mass is 315 g/mol. The van der Waals surface area contributed by atoms with Crippen LogP contribution in [0.3, 0.4) is 0 Å². The van der Waals surface area contributed by atoms with Crippen LogP contribution < -0.4 is 5.73 Å². The lowest BCUT2D eigenvalue weighted by Gasteiger charge is -2.43. The summed E-state index contributed by atoms with van der Waals surface area (Å²) in [7, 11) is 0. The number of halogens is 2. The highest BCUT2D eigenvalue weighted by molar-refractivity contribution is 6.36. The number of hydrogen-bond donors (Lipinski definition) is 1. The quantitative estimate of drug-likeness (QED) is 0.927. The van der Waals surface area contributed by atoms with Gasteiger partial charge in [0.05, 0.1) is 6.04 Å². The van der Waals surface area contributed by atoms with E-state index in [1.165, 1.54) is 0 Å². The van der Waals surface area contributed by atoms with Crippen molar-refractivity contribution < 1.29 is 0 Å². The van der Waals surface area contributed by atoms with Gasteiger partial charge in [0.1, 0.15) is 0 Å². The zero-order valence-electron chi connectivity index (χ0n) is 12.1. The summed E-state index contributed by atoms with van der Waals surface area (Å²) in [5.74, 6) is 0. The van der Waals surface area contributed by atoms with Gasteiger partial charge in [0.2, 0.25) is 0 Å². The standard InChI is InChI=1S/C15H23Cl2N3/c1-3-19-7-8-20(10-11(19)2)14(9-18)15-12(16)5-4-6-13(15)17/h4-6,11,14H,3,7-10,18H2,1-2H3. The van der Waals surface area contributed by atoms with Crippen molar-refractivity contribution in [2.45, 2.75) is 25.9 Å². The SMILES string of the molecule is CCN1CCN(C(CN)c2c(Cl)cccc2Cl)CC1C. The Morgan fingerprint density at radius 3 is 2.45 bits per heavy atom. The summed E-state index contributed by atoms with van der Waals surface area (Å²) in [4.78, 5) is 4.89. The summed E-state index contributed by atoms with van der Waals surface area (Å²) in [5, 5.41) is 1.41. The van der Waals surface area contributed by atoms with E-state index in [-0.39, 0.29) is 6.04 Å². The molecule has 2 unspecified atom stereocenters. The number of hydrogen-bond acceptors (Lipinski definition) is 3. The van der Waals surface area contributed by atoms with Crippen LogP contribution in [0.5, 0.6) is 0 Å². The third-order valence-corrected chi connectivity index (χ3v) is 4.86. The van der Waals surface area contributed by atoms with E-state index in [1.54, 1.807) is 0 Å². The molecular formula is C15H23Cl2N3. The molecule has 1 heterocycles. The van der Waals surface area contributed by atoms with Crippen molar-refractivity contribution in [3.8, 4) is 0 Å². The Morgan fingerprint density at radius 1 is 1.30 bits per heavy atom. The van der Waals surface area contributed by atoms with E-state index in [0.29, 0.717) is 22.6 Å². The number of benzene rings is 1. The molecule has 1 aliphatic rings. The van der Waals surface area contributed by atoms with Crippen molar-refractivity contribution in [3.05, 3.63) is 33.8 Å².